The number of nitrogens with zero attached hydrogens (tertiary/aromatic N) is 1. The van der Waals surface area contributed by atoms with Crippen LogP contribution in [0.2, 0.25) is 0 Å². The van der Waals surface area contributed by atoms with Gasteiger partial charge in [-0.2, -0.15) is 0 Å². The largest absolute Gasteiger partial charge is 0.497 e. The van der Waals surface area contributed by atoms with Crippen LogP contribution in [0.15, 0.2) is 48.6 Å². The number of carbonyl (C=O) groups excluding carboxylic acids is 1. The van der Waals surface area contributed by atoms with E-state index in [1.165, 1.54) is 13.2 Å². The van der Waals surface area contributed by atoms with Gasteiger partial charge in [0.25, 0.3) is 5.91 Å². The molecule has 0 atom stereocenters. The van der Waals surface area contributed by atoms with Gasteiger partial charge in [0.2, 0.25) is 0 Å². The Balaban J connectivity index is 1.94. The Labute approximate surface area is 132 Å². The standard InChI is InChI=1S/C18H15F2NO2/c1-23-14-10-15(19)18(16(20)11-14)12-5-7-13(8-6-12)21-9-3-2-4-17(21)22/h2,4-8,10-11H,3,9H2,1H3. The van der Waals surface area contributed by atoms with Crippen molar-refractivity contribution in [1.82, 2.24) is 0 Å². The summed E-state index contributed by atoms with van der Waals surface area (Å²) in [5, 5.41) is 0. The molecule has 1 aliphatic heterocycles. The highest BCUT2D eigenvalue weighted by molar-refractivity contribution is 6.02. The molecule has 1 heterocycles. The van der Waals surface area contributed by atoms with Crippen molar-refractivity contribution in [1.29, 1.82) is 0 Å². The van der Waals surface area contributed by atoms with Gasteiger partial charge in [0.05, 0.1) is 12.7 Å². The SMILES string of the molecule is COc1cc(F)c(-c2ccc(N3CCC=CC3=O)cc2)c(F)c1. The van der Waals surface area contributed by atoms with E-state index in [4.69, 9.17) is 4.74 Å². The van der Waals surface area contributed by atoms with Crippen LogP contribution in [-0.2, 0) is 4.79 Å². The normalized spacial score (nSPS) is 14.2. The van der Waals surface area contributed by atoms with Crippen molar-refractivity contribution in [3.63, 3.8) is 0 Å². The molecule has 0 saturated carbocycles. The van der Waals surface area contributed by atoms with Gasteiger partial charge in [-0.15, -0.1) is 0 Å². The van der Waals surface area contributed by atoms with Crippen LogP contribution in [0.4, 0.5) is 14.5 Å². The summed E-state index contributed by atoms with van der Waals surface area (Å²) in [6.45, 7) is 0.597. The highest BCUT2D eigenvalue weighted by Crippen LogP contribution is 2.31. The lowest BCUT2D eigenvalue weighted by atomic mass is 10.0. The lowest BCUT2D eigenvalue weighted by molar-refractivity contribution is -0.114. The molecule has 5 heteroatoms. The van der Waals surface area contributed by atoms with E-state index in [0.29, 0.717) is 17.8 Å². The van der Waals surface area contributed by atoms with E-state index >= 15 is 0 Å². The number of anilines is 1. The average Bonchev–Trinajstić information content (AvgIpc) is 2.55. The van der Waals surface area contributed by atoms with E-state index in [1.54, 1.807) is 29.2 Å². The number of hydrogen-bond acceptors (Lipinski definition) is 2. The fourth-order valence-corrected chi connectivity index (χ4v) is 2.60. The summed E-state index contributed by atoms with van der Waals surface area (Å²) in [5.74, 6) is -1.34. The maximum Gasteiger partial charge on any atom is 0.250 e. The van der Waals surface area contributed by atoms with Crippen LogP contribution >= 0.6 is 0 Å². The third-order valence-corrected chi connectivity index (χ3v) is 3.76. The average molecular weight is 315 g/mol. The lowest BCUT2D eigenvalue weighted by Crippen LogP contribution is -2.32. The van der Waals surface area contributed by atoms with Crippen molar-refractivity contribution in [2.45, 2.75) is 6.42 Å². The monoisotopic (exact) mass is 315 g/mol. The van der Waals surface area contributed by atoms with Gasteiger partial charge in [-0.3, -0.25) is 4.79 Å². The van der Waals surface area contributed by atoms with E-state index in [2.05, 4.69) is 0 Å². The van der Waals surface area contributed by atoms with E-state index in [1.807, 2.05) is 6.08 Å². The fraction of sp³-hybridized carbons (Fsp3) is 0.167. The zero-order chi connectivity index (χ0) is 16.4. The Bertz CT molecular complexity index is 746. The predicted octanol–water partition coefficient (Wildman–Crippen LogP) is 3.93. The van der Waals surface area contributed by atoms with Crippen LogP contribution in [0.25, 0.3) is 11.1 Å². The van der Waals surface area contributed by atoms with Crippen molar-refractivity contribution >= 4 is 11.6 Å². The molecule has 2 aromatic rings. The third kappa shape index (κ3) is 2.95. The minimum Gasteiger partial charge on any atom is -0.497 e. The Kier molecular flexibility index (Phi) is 4.10. The van der Waals surface area contributed by atoms with E-state index in [-0.39, 0.29) is 17.2 Å². The molecule has 23 heavy (non-hydrogen) atoms. The van der Waals surface area contributed by atoms with Crippen LogP contribution in [0.5, 0.6) is 5.75 Å². The smallest absolute Gasteiger partial charge is 0.250 e. The second-order valence-corrected chi connectivity index (χ2v) is 5.19. The number of methoxy groups -OCH3 is 1. The minimum absolute atomic E-state index is 0.0918. The third-order valence-electron chi connectivity index (χ3n) is 3.76. The number of ether oxygens (including phenoxy) is 1. The van der Waals surface area contributed by atoms with Crippen molar-refractivity contribution < 1.29 is 18.3 Å². The summed E-state index contributed by atoms with van der Waals surface area (Å²) in [6.07, 6.45) is 4.14. The first-order chi connectivity index (χ1) is 11.1. The molecule has 0 radical (unpaired) electrons. The Morgan fingerprint density at radius 1 is 1.09 bits per heavy atom. The topological polar surface area (TPSA) is 29.5 Å². The molecule has 1 aliphatic rings. The van der Waals surface area contributed by atoms with E-state index in [0.717, 1.165) is 18.6 Å². The molecule has 3 rings (SSSR count). The zero-order valence-electron chi connectivity index (χ0n) is 12.6. The molecular weight excluding hydrogens is 300 g/mol. The van der Waals surface area contributed by atoms with Crippen LogP contribution in [0.1, 0.15) is 6.42 Å². The molecule has 2 aromatic carbocycles. The van der Waals surface area contributed by atoms with Gasteiger partial charge in [0.1, 0.15) is 17.4 Å². The highest BCUT2D eigenvalue weighted by atomic mass is 19.1. The maximum atomic E-state index is 14.1. The van der Waals surface area contributed by atoms with Crippen LogP contribution in [0, 0.1) is 11.6 Å². The summed E-state index contributed by atoms with van der Waals surface area (Å²) in [6, 6.07) is 8.88. The molecule has 0 fully saturated rings. The van der Waals surface area contributed by atoms with Crippen molar-refractivity contribution in [3.8, 4) is 16.9 Å². The van der Waals surface area contributed by atoms with Gasteiger partial charge in [-0.1, -0.05) is 18.2 Å². The number of carbonyl (C=O) groups is 1. The second kappa shape index (κ2) is 6.20. The first-order valence-electron chi connectivity index (χ1n) is 7.21. The first kappa shape index (κ1) is 15.2. The van der Waals surface area contributed by atoms with Crippen molar-refractivity contribution in [2.75, 3.05) is 18.6 Å². The predicted molar refractivity (Wildman–Crippen MR) is 84.5 cm³/mol. The summed E-state index contributed by atoms with van der Waals surface area (Å²) in [4.78, 5) is 13.5. The quantitative estimate of drug-likeness (QED) is 0.859. The molecule has 3 nitrogen and oxygen atoms in total. The molecule has 0 aliphatic carbocycles. The van der Waals surface area contributed by atoms with Crippen LogP contribution in [0.3, 0.4) is 0 Å². The molecule has 0 aromatic heterocycles. The molecule has 118 valence electrons. The van der Waals surface area contributed by atoms with Crippen molar-refractivity contribution in [3.05, 3.63) is 60.2 Å². The first-order valence-corrected chi connectivity index (χ1v) is 7.21. The van der Waals surface area contributed by atoms with E-state index < -0.39 is 11.6 Å². The molecule has 0 N–H and O–H groups in total. The fourth-order valence-electron chi connectivity index (χ4n) is 2.60. The van der Waals surface area contributed by atoms with Gasteiger partial charge in [-0.05, 0) is 30.2 Å². The summed E-state index contributed by atoms with van der Waals surface area (Å²) >= 11 is 0. The van der Waals surface area contributed by atoms with Gasteiger partial charge < -0.3 is 9.64 Å². The Hall–Kier alpha value is -2.69. The molecule has 0 unspecified atom stereocenters. The summed E-state index contributed by atoms with van der Waals surface area (Å²) < 4.78 is 33.1. The Morgan fingerprint density at radius 3 is 2.30 bits per heavy atom. The number of hydrogen-bond donors (Lipinski definition) is 0. The lowest BCUT2D eigenvalue weighted by Gasteiger charge is -2.23. The van der Waals surface area contributed by atoms with Crippen molar-refractivity contribution in [2.24, 2.45) is 0 Å². The van der Waals surface area contributed by atoms with Gasteiger partial charge in [-0.25, -0.2) is 8.78 Å². The zero-order valence-corrected chi connectivity index (χ0v) is 12.6. The van der Waals surface area contributed by atoms with E-state index in [9.17, 15) is 13.6 Å². The molecule has 0 spiro atoms. The Morgan fingerprint density at radius 2 is 1.74 bits per heavy atom. The number of halogens is 2. The van der Waals surface area contributed by atoms with Crippen LogP contribution < -0.4 is 9.64 Å². The summed E-state index contributed by atoms with van der Waals surface area (Å²) in [7, 11) is 1.35. The molecule has 1 amide bonds. The van der Waals surface area contributed by atoms with Gasteiger partial charge in [0, 0.05) is 24.4 Å². The number of benzene rings is 2. The molecular formula is C18H15F2NO2. The summed E-state index contributed by atoms with van der Waals surface area (Å²) in [5.41, 5.74) is 1.01. The molecule has 0 saturated heterocycles. The maximum absolute atomic E-state index is 14.1. The highest BCUT2D eigenvalue weighted by Gasteiger charge is 2.17. The van der Waals surface area contributed by atoms with Crippen LogP contribution in [-0.4, -0.2) is 19.6 Å². The van der Waals surface area contributed by atoms with Gasteiger partial charge in [0.15, 0.2) is 0 Å². The molecule has 0 bridgehead atoms. The van der Waals surface area contributed by atoms with Gasteiger partial charge >= 0.3 is 0 Å². The number of rotatable bonds is 3. The number of amides is 1. The second-order valence-electron chi connectivity index (χ2n) is 5.19. The minimum atomic E-state index is -0.688.